The van der Waals surface area contributed by atoms with Crippen molar-refractivity contribution in [3.63, 3.8) is 0 Å². The quantitative estimate of drug-likeness (QED) is 0.938. The zero-order chi connectivity index (χ0) is 15.7. The van der Waals surface area contributed by atoms with Crippen molar-refractivity contribution < 1.29 is 14.3 Å². The van der Waals surface area contributed by atoms with Crippen LogP contribution in [-0.4, -0.2) is 38.3 Å². The summed E-state index contributed by atoms with van der Waals surface area (Å²) in [5, 5.41) is 14.4. The second kappa shape index (κ2) is 5.96. The number of likely N-dealkylation sites (tertiary alicyclic amines) is 1. The van der Waals surface area contributed by atoms with Gasteiger partial charge in [-0.15, -0.1) is 0 Å². The van der Waals surface area contributed by atoms with E-state index < -0.39 is 6.10 Å². The van der Waals surface area contributed by atoms with Crippen molar-refractivity contribution in [2.24, 2.45) is 7.05 Å². The molecule has 2 aromatic rings. The minimum absolute atomic E-state index is 0.000236. The summed E-state index contributed by atoms with van der Waals surface area (Å²) in [5.74, 6) is 0.552. The highest BCUT2D eigenvalue weighted by Gasteiger charge is 2.33. The summed E-state index contributed by atoms with van der Waals surface area (Å²) in [7, 11) is 1.83. The fourth-order valence-electron chi connectivity index (χ4n) is 3.07. The predicted molar refractivity (Wildman–Crippen MR) is 80.3 cm³/mol. The molecule has 0 aromatic carbocycles. The Hall–Kier alpha value is -2.08. The summed E-state index contributed by atoms with van der Waals surface area (Å²) in [6, 6.07) is 3.55. The number of aliphatic hydroxyl groups is 1. The van der Waals surface area contributed by atoms with E-state index in [0.717, 1.165) is 25.1 Å². The monoisotopic (exact) mass is 303 g/mol. The summed E-state index contributed by atoms with van der Waals surface area (Å²) >= 11 is 0. The van der Waals surface area contributed by atoms with E-state index in [4.69, 9.17) is 4.42 Å². The van der Waals surface area contributed by atoms with Gasteiger partial charge in [-0.2, -0.15) is 5.10 Å². The summed E-state index contributed by atoms with van der Waals surface area (Å²) < 4.78 is 6.95. The van der Waals surface area contributed by atoms with E-state index in [1.54, 1.807) is 29.3 Å². The molecule has 1 saturated heterocycles. The lowest BCUT2D eigenvalue weighted by Crippen LogP contribution is -2.36. The molecule has 1 amide bonds. The molecule has 0 saturated carbocycles. The first-order valence-corrected chi connectivity index (χ1v) is 7.59. The van der Waals surface area contributed by atoms with Gasteiger partial charge in [0.25, 0.3) is 5.91 Å². The molecule has 6 nitrogen and oxygen atoms in total. The van der Waals surface area contributed by atoms with Crippen molar-refractivity contribution in [3.8, 4) is 0 Å². The summed E-state index contributed by atoms with van der Waals surface area (Å²) in [4.78, 5) is 14.6. The van der Waals surface area contributed by atoms with E-state index in [2.05, 4.69) is 5.10 Å². The zero-order valence-corrected chi connectivity index (χ0v) is 12.9. The fourth-order valence-corrected chi connectivity index (χ4v) is 3.07. The molecule has 3 rings (SSSR count). The van der Waals surface area contributed by atoms with E-state index in [0.29, 0.717) is 17.7 Å². The normalized spacial score (nSPS) is 19.6. The van der Waals surface area contributed by atoms with Gasteiger partial charge in [0.1, 0.15) is 11.9 Å². The van der Waals surface area contributed by atoms with Crippen LogP contribution in [0.15, 0.2) is 29.0 Å². The van der Waals surface area contributed by atoms with Gasteiger partial charge in [-0.1, -0.05) is 0 Å². The van der Waals surface area contributed by atoms with Crippen molar-refractivity contribution >= 4 is 5.91 Å². The molecule has 2 atom stereocenters. The molecular weight excluding hydrogens is 282 g/mol. The number of hydrogen-bond donors (Lipinski definition) is 1. The van der Waals surface area contributed by atoms with Crippen LogP contribution in [0, 0.1) is 6.92 Å². The highest BCUT2D eigenvalue weighted by atomic mass is 16.4. The van der Waals surface area contributed by atoms with Gasteiger partial charge in [0, 0.05) is 31.7 Å². The minimum Gasteiger partial charge on any atom is -0.467 e. The van der Waals surface area contributed by atoms with Crippen molar-refractivity contribution in [2.75, 3.05) is 6.54 Å². The molecule has 0 aliphatic carbocycles. The van der Waals surface area contributed by atoms with Crippen LogP contribution >= 0.6 is 0 Å². The Morgan fingerprint density at radius 1 is 1.59 bits per heavy atom. The average molecular weight is 303 g/mol. The number of nitrogens with zero attached hydrogens (tertiary/aromatic N) is 3. The van der Waals surface area contributed by atoms with Crippen molar-refractivity contribution in [2.45, 2.75) is 38.3 Å². The summed E-state index contributed by atoms with van der Waals surface area (Å²) in [5.41, 5.74) is 1.50. The third-order valence-corrected chi connectivity index (χ3v) is 4.47. The number of hydrogen-bond acceptors (Lipinski definition) is 4. The van der Waals surface area contributed by atoms with Gasteiger partial charge in [-0.3, -0.25) is 9.48 Å². The van der Waals surface area contributed by atoms with Gasteiger partial charge >= 0.3 is 0 Å². The van der Waals surface area contributed by atoms with Crippen LogP contribution in [0.4, 0.5) is 0 Å². The van der Waals surface area contributed by atoms with E-state index in [1.165, 1.54) is 0 Å². The lowest BCUT2D eigenvalue weighted by molar-refractivity contribution is 0.0640. The molecule has 0 spiro atoms. The second-order valence-electron chi connectivity index (χ2n) is 5.83. The third-order valence-electron chi connectivity index (χ3n) is 4.47. The molecule has 6 heteroatoms. The maximum Gasteiger partial charge on any atom is 0.257 e. The molecule has 1 fully saturated rings. The van der Waals surface area contributed by atoms with Crippen molar-refractivity contribution in [3.05, 3.63) is 41.6 Å². The third kappa shape index (κ3) is 2.66. The summed E-state index contributed by atoms with van der Waals surface area (Å²) in [6.07, 6.45) is 4.86. The molecule has 118 valence electrons. The molecule has 22 heavy (non-hydrogen) atoms. The van der Waals surface area contributed by atoms with Crippen LogP contribution in [0.3, 0.4) is 0 Å². The molecule has 1 aliphatic heterocycles. The number of amides is 1. The number of aryl methyl sites for hydroxylation is 1. The highest BCUT2D eigenvalue weighted by molar-refractivity contribution is 5.95. The van der Waals surface area contributed by atoms with Gasteiger partial charge in [0.05, 0.1) is 18.0 Å². The van der Waals surface area contributed by atoms with E-state index >= 15 is 0 Å². The number of rotatable bonds is 4. The van der Waals surface area contributed by atoms with Crippen LogP contribution in [0.1, 0.15) is 47.2 Å². The number of aromatic nitrogens is 2. The topological polar surface area (TPSA) is 71.5 Å². The van der Waals surface area contributed by atoms with Crippen molar-refractivity contribution in [1.82, 2.24) is 14.7 Å². The van der Waals surface area contributed by atoms with Crippen molar-refractivity contribution in [1.29, 1.82) is 0 Å². The Morgan fingerprint density at radius 2 is 2.41 bits per heavy atom. The molecule has 3 heterocycles. The molecule has 2 unspecified atom stereocenters. The zero-order valence-electron chi connectivity index (χ0n) is 12.9. The minimum atomic E-state index is -0.677. The molecule has 0 radical (unpaired) electrons. The Labute approximate surface area is 129 Å². The maximum absolute atomic E-state index is 12.7. The molecule has 1 aliphatic rings. The Bertz CT molecular complexity index is 648. The van der Waals surface area contributed by atoms with Crippen LogP contribution in [-0.2, 0) is 7.05 Å². The molecule has 0 bridgehead atoms. The van der Waals surface area contributed by atoms with E-state index in [-0.39, 0.29) is 11.9 Å². The first-order chi connectivity index (χ1) is 10.6. The number of carbonyl (C=O) groups excluding carboxylic acids is 1. The van der Waals surface area contributed by atoms with Gasteiger partial charge < -0.3 is 14.4 Å². The highest BCUT2D eigenvalue weighted by Crippen LogP contribution is 2.29. The SMILES string of the molecule is Cc1c(C(=O)N2CCCC2CC(O)c2ccco2)cnn1C. The Kier molecular flexibility index (Phi) is 4.02. The lowest BCUT2D eigenvalue weighted by atomic mass is 10.0. The van der Waals surface area contributed by atoms with Gasteiger partial charge in [-0.25, -0.2) is 0 Å². The first kappa shape index (κ1) is 14.8. The van der Waals surface area contributed by atoms with E-state index in [1.807, 2.05) is 18.9 Å². The fraction of sp³-hybridized carbons (Fsp3) is 0.500. The largest absolute Gasteiger partial charge is 0.467 e. The second-order valence-corrected chi connectivity index (χ2v) is 5.83. The molecular formula is C16H21N3O3. The van der Waals surface area contributed by atoms with Crippen LogP contribution in [0.25, 0.3) is 0 Å². The smallest absolute Gasteiger partial charge is 0.257 e. The number of furan rings is 1. The molecule has 1 N–H and O–H groups in total. The van der Waals surface area contributed by atoms with E-state index in [9.17, 15) is 9.90 Å². The van der Waals surface area contributed by atoms with Crippen LogP contribution in [0.2, 0.25) is 0 Å². The standard InChI is InChI=1S/C16H21N3O3/c1-11-13(10-17-18(11)2)16(21)19-7-3-5-12(19)9-14(20)15-6-4-8-22-15/h4,6,8,10,12,14,20H,3,5,7,9H2,1-2H3. The maximum atomic E-state index is 12.7. The van der Waals surface area contributed by atoms with Crippen LogP contribution < -0.4 is 0 Å². The molecule has 2 aromatic heterocycles. The van der Waals surface area contributed by atoms with Gasteiger partial charge in [-0.05, 0) is 31.9 Å². The average Bonchev–Trinajstić information content (AvgIpc) is 3.22. The number of carbonyl (C=O) groups is 1. The van der Waals surface area contributed by atoms with Crippen LogP contribution in [0.5, 0.6) is 0 Å². The first-order valence-electron chi connectivity index (χ1n) is 7.59. The predicted octanol–water partition coefficient (Wildman–Crippen LogP) is 2.05. The Balaban J connectivity index is 1.73. The summed E-state index contributed by atoms with van der Waals surface area (Å²) in [6.45, 7) is 2.62. The number of aliphatic hydroxyl groups excluding tert-OH is 1. The Morgan fingerprint density at radius 3 is 3.05 bits per heavy atom. The van der Waals surface area contributed by atoms with Gasteiger partial charge in [0.15, 0.2) is 0 Å². The van der Waals surface area contributed by atoms with Gasteiger partial charge in [0.2, 0.25) is 0 Å². The lowest BCUT2D eigenvalue weighted by Gasteiger charge is -2.26.